The number of carbonyl (C=O) groups excluding carboxylic acids is 1. The van der Waals surface area contributed by atoms with Crippen molar-refractivity contribution in [1.29, 1.82) is 0 Å². The molecule has 35 heavy (non-hydrogen) atoms. The number of aliphatic imine (C=N–C) groups is 1. The van der Waals surface area contributed by atoms with E-state index in [0.29, 0.717) is 12.1 Å². The van der Waals surface area contributed by atoms with E-state index in [2.05, 4.69) is 51.5 Å². The minimum absolute atomic E-state index is 0.0190. The van der Waals surface area contributed by atoms with Gasteiger partial charge in [-0.3, -0.25) is 14.7 Å². The molecule has 2 atom stereocenters. The molecule has 1 saturated heterocycles. The van der Waals surface area contributed by atoms with Gasteiger partial charge in [-0.1, -0.05) is 31.2 Å². The molecule has 3 aromatic rings. The van der Waals surface area contributed by atoms with Crippen LogP contribution in [0.4, 0.5) is 4.39 Å². The molecule has 2 unspecified atom stereocenters. The van der Waals surface area contributed by atoms with Crippen LogP contribution in [-0.2, 0) is 19.6 Å². The zero-order valence-electron chi connectivity index (χ0n) is 19.9. The zero-order chi connectivity index (χ0) is 23.9. The van der Waals surface area contributed by atoms with Gasteiger partial charge >= 0.3 is 0 Å². The first-order chi connectivity index (χ1) is 17.1. The predicted octanol–water partition coefficient (Wildman–Crippen LogP) is 3.65. The van der Waals surface area contributed by atoms with Crippen LogP contribution in [0.15, 0.2) is 47.7 Å². The Balaban J connectivity index is 1.46. The molecule has 8 heteroatoms. The van der Waals surface area contributed by atoms with Gasteiger partial charge < -0.3 is 5.32 Å². The van der Waals surface area contributed by atoms with Crippen molar-refractivity contribution in [3.05, 3.63) is 82.2 Å². The van der Waals surface area contributed by atoms with Gasteiger partial charge in [0.05, 0.1) is 11.6 Å². The number of hydrogen-bond acceptors (Lipinski definition) is 6. The highest BCUT2D eigenvalue weighted by molar-refractivity contribution is 6.18. The first-order valence-electron chi connectivity index (χ1n) is 12.4. The lowest BCUT2D eigenvalue weighted by Crippen LogP contribution is -2.36. The molecule has 0 amide bonds. The van der Waals surface area contributed by atoms with Crippen molar-refractivity contribution in [2.45, 2.75) is 51.4 Å². The number of likely N-dealkylation sites (tertiary alicyclic amines) is 1. The van der Waals surface area contributed by atoms with Crippen LogP contribution in [0.3, 0.4) is 0 Å². The molecule has 180 valence electrons. The van der Waals surface area contributed by atoms with Gasteiger partial charge in [-0.25, -0.2) is 14.1 Å². The van der Waals surface area contributed by atoms with Crippen LogP contribution in [0.5, 0.6) is 0 Å². The number of aryl methyl sites for hydroxylation is 1. The predicted molar refractivity (Wildman–Crippen MR) is 131 cm³/mol. The van der Waals surface area contributed by atoms with Crippen LogP contribution < -0.4 is 5.32 Å². The second-order valence-electron chi connectivity index (χ2n) is 9.66. The molecule has 3 aliphatic heterocycles. The molecule has 0 aliphatic carbocycles. The fourth-order valence-electron chi connectivity index (χ4n) is 5.50. The second kappa shape index (κ2) is 9.09. The molecule has 0 radical (unpaired) electrons. The standard InChI is InChI=1S/C27H29FN6O/c1-2-8-34-27(31-16-32-34)24-25(18-6-4-17(5-7-18)15-33-9-3-10-33)29-13-19-11-20(28)12-21-22(35)14-30-26(24)23(19)21/h4-7,11-12,16,24-25,29H,2-3,8-10,13-15H2,1H3. The van der Waals surface area contributed by atoms with Gasteiger partial charge in [-0.05, 0) is 54.8 Å². The monoisotopic (exact) mass is 472 g/mol. The number of benzene rings is 2. The number of hydrogen-bond donors (Lipinski definition) is 1. The molecule has 1 fully saturated rings. The molecule has 1 N–H and O–H groups in total. The van der Waals surface area contributed by atoms with E-state index in [9.17, 15) is 9.18 Å². The SMILES string of the molecule is CCCn1ncnc1C1C2=NCC(=O)c3cc(F)cc(c32)CNC1c1ccc(CN2CCC2)cc1. The average molecular weight is 473 g/mol. The van der Waals surface area contributed by atoms with Crippen molar-refractivity contribution < 1.29 is 9.18 Å². The maximum absolute atomic E-state index is 14.5. The van der Waals surface area contributed by atoms with Crippen molar-refractivity contribution in [3.63, 3.8) is 0 Å². The minimum atomic E-state index is -0.394. The largest absolute Gasteiger partial charge is 0.305 e. The maximum Gasteiger partial charge on any atom is 0.184 e. The number of ketones is 1. The van der Waals surface area contributed by atoms with E-state index in [1.54, 1.807) is 6.33 Å². The average Bonchev–Trinajstić information content (AvgIpc) is 3.21. The molecule has 4 heterocycles. The third kappa shape index (κ3) is 4.00. The van der Waals surface area contributed by atoms with Gasteiger partial charge in [0.25, 0.3) is 0 Å². The van der Waals surface area contributed by atoms with Gasteiger partial charge in [0, 0.05) is 36.8 Å². The number of halogens is 1. The summed E-state index contributed by atoms with van der Waals surface area (Å²) in [6.45, 7) is 6.60. The Morgan fingerprint density at radius 2 is 2.00 bits per heavy atom. The quantitative estimate of drug-likeness (QED) is 0.593. The van der Waals surface area contributed by atoms with E-state index < -0.39 is 5.82 Å². The summed E-state index contributed by atoms with van der Waals surface area (Å²) in [6, 6.07) is 11.5. The Bertz CT molecular complexity index is 1290. The van der Waals surface area contributed by atoms with Crippen LogP contribution in [0.2, 0.25) is 0 Å². The van der Waals surface area contributed by atoms with Gasteiger partial charge in [-0.2, -0.15) is 5.10 Å². The summed E-state index contributed by atoms with van der Waals surface area (Å²) in [6.07, 6.45) is 3.78. The van der Waals surface area contributed by atoms with Crippen LogP contribution in [-0.4, -0.2) is 50.8 Å². The van der Waals surface area contributed by atoms with Crippen LogP contribution in [0, 0.1) is 5.82 Å². The Labute approximate surface area is 204 Å². The smallest absolute Gasteiger partial charge is 0.184 e. The minimum Gasteiger partial charge on any atom is -0.305 e. The van der Waals surface area contributed by atoms with Gasteiger partial charge in [0.15, 0.2) is 5.78 Å². The summed E-state index contributed by atoms with van der Waals surface area (Å²) in [7, 11) is 0. The number of nitrogens with one attached hydrogen (secondary N) is 1. The Morgan fingerprint density at radius 3 is 2.74 bits per heavy atom. The zero-order valence-corrected chi connectivity index (χ0v) is 19.9. The molecule has 1 aromatic heterocycles. The Hall–Kier alpha value is -3.23. The first kappa shape index (κ1) is 22.2. The third-order valence-electron chi connectivity index (χ3n) is 7.33. The van der Waals surface area contributed by atoms with Gasteiger partial charge in [-0.15, -0.1) is 0 Å². The Kier molecular flexibility index (Phi) is 5.78. The summed E-state index contributed by atoms with van der Waals surface area (Å²) >= 11 is 0. The lowest BCUT2D eigenvalue weighted by atomic mass is 9.81. The molecule has 0 bridgehead atoms. The molecule has 3 aliphatic rings. The van der Waals surface area contributed by atoms with Crippen molar-refractivity contribution in [3.8, 4) is 0 Å². The highest BCUT2D eigenvalue weighted by Gasteiger charge is 2.40. The Morgan fingerprint density at radius 1 is 1.17 bits per heavy atom. The fourth-order valence-corrected chi connectivity index (χ4v) is 5.50. The molecule has 0 saturated carbocycles. The summed E-state index contributed by atoms with van der Waals surface area (Å²) in [5.41, 5.74) is 5.13. The van der Waals surface area contributed by atoms with Crippen LogP contribution >= 0.6 is 0 Å². The molecule has 2 aromatic carbocycles. The van der Waals surface area contributed by atoms with E-state index >= 15 is 0 Å². The highest BCUT2D eigenvalue weighted by Crippen LogP contribution is 2.40. The van der Waals surface area contributed by atoms with Crippen LogP contribution in [0.1, 0.15) is 70.2 Å². The number of rotatable bonds is 6. The molecular formula is C27H29FN6O. The van der Waals surface area contributed by atoms with E-state index in [1.165, 1.54) is 24.1 Å². The normalized spacial score (nSPS) is 21.8. The summed E-state index contributed by atoms with van der Waals surface area (Å²) in [4.78, 5) is 24.6. The number of carbonyl (C=O) groups is 1. The van der Waals surface area contributed by atoms with Gasteiger partial charge in [0.2, 0.25) is 0 Å². The highest BCUT2D eigenvalue weighted by atomic mass is 19.1. The van der Waals surface area contributed by atoms with Crippen molar-refractivity contribution in [2.75, 3.05) is 19.6 Å². The maximum atomic E-state index is 14.5. The van der Waals surface area contributed by atoms with E-state index in [0.717, 1.165) is 60.8 Å². The van der Waals surface area contributed by atoms with Crippen molar-refractivity contribution >= 4 is 11.5 Å². The summed E-state index contributed by atoms with van der Waals surface area (Å²) < 4.78 is 16.4. The molecule has 0 spiro atoms. The van der Waals surface area contributed by atoms with Gasteiger partial charge in [0.1, 0.15) is 24.5 Å². The van der Waals surface area contributed by atoms with Crippen LogP contribution in [0.25, 0.3) is 0 Å². The molecular weight excluding hydrogens is 443 g/mol. The fraction of sp³-hybridized carbons (Fsp3) is 0.407. The topological polar surface area (TPSA) is 75.4 Å². The van der Waals surface area contributed by atoms with Crippen molar-refractivity contribution in [2.24, 2.45) is 4.99 Å². The molecule has 6 rings (SSSR count). The lowest BCUT2D eigenvalue weighted by molar-refractivity contribution is 0.0999. The summed E-state index contributed by atoms with van der Waals surface area (Å²) in [5.74, 6) is 0.00999. The van der Waals surface area contributed by atoms with E-state index in [4.69, 9.17) is 4.99 Å². The number of nitrogens with zero attached hydrogens (tertiary/aromatic N) is 5. The molecule has 7 nitrogen and oxygen atoms in total. The third-order valence-corrected chi connectivity index (χ3v) is 7.33. The van der Waals surface area contributed by atoms with E-state index in [1.807, 2.05) is 4.68 Å². The van der Waals surface area contributed by atoms with Crippen molar-refractivity contribution in [1.82, 2.24) is 25.0 Å². The number of aromatic nitrogens is 3. The first-order valence-corrected chi connectivity index (χ1v) is 12.4. The second-order valence-corrected chi connectivity index (χ2v) is 9.66. The summed E-state index contributed by atoms with van der Waals surface area (Å²) in [5, 5.41) is 8.14. The number of Topliss-reactive ketones (excluding diaryl/α,β-unsaturated/α-hetero) is 1. The van der Waals surface area contributed by atoms with E-state index in [-0.39, 0.29) is 24.3 Å². The lowest BCUT2D eigenvalue weighted by Gasteiger charge is -2.31.